The highest BCUT2D eigenvalue weighted by molar-refractivity contribution is 8.14. The summed E-state index contributed by atoms with van der Waals surface area (Å²) in [5, 5.41) is 0.269. The predicted molar refractivity (Wildman–Crippen MR) is 74.8 cm³/mol. The zero-order chi connectivity index (χ0) is 14.3. The SMILES string of the molecule is CC(CCCCSC(=O)c1ccc(Cl)nc1)=C(F)F. The van der Waals surface area contributed by atoms with Gasteiger partial charge in [0.1, 0.15) is 5.15 Å². The number of rotatable bonds is 6. The zero-order valence-corrected chi connectivity index (χ0v) is 12.0. The van der Waals surface area contributed by atoms with Crippen LogP contribution in [0.4, 0.5) is 8.78 Å². The van der Waals surface area contributed by atoms with Crippen molar-refractivity contribution in [1.29, 1.82) is 0 Å². The second-order valence-corrected chi connectivity index (χ2v) is 5.46. The molecule has 1 aromatic heterocycles. The number of nitrogens with zero attached hydrogens (tertiary/aromatic N) is 1. The van der Waals surface area contributed by atoms with E-state index >= 15 is 0 Å². The molecule has 0 saturated heterocycles. The summed E-state index contributed by atoms with van der Waals surface area (Å²) in [6, 6.07) is 3.18. The van der Waals surface area contributed by atoms with Crippen LogP contribution in [-0.4, -0.2) is 15.9 Å². The third-order valence-corrected chi connectivity index (χ3v) is 3.68. The van der Waals surface area contributed by atoms with Gasteiger partial charge in [0.2, 0.25) is 5.12 Å². The second kappa shape index (κ2) is 8.27. The molecule has 0 fully saturated rings. The number of carbonyl (C=O) groups is 1. The zero-order valence-electron chi connectivity index (χ0n) is 10.5. The van der Waals surface area contributed by atoms with Gasteiger partial charge in [0.25, 0.3) is 6.08 Å². The molecule has 1 rings (SSSR count). The normalized spacial score (nSPS) is 10.3. The van der Waals surface area contributed by atoms with Crippen LogP contribution in [0.25, 0.3) is 0 Å². The molecular formula is C13H14ClF2NOS. The molecule has 6 heteroatoms. The molecule has 0 atom stereocenters. The highest BCUT2D eigenvalue weighted by Gasteiger charge is 2.07. The maximum Gasteiger partial charge on any atom is 0.269 e. The fourth-order valence-electron chi connectivity index (χ4n) is 1.33. The van der Waals surface area contributed by atoms with Gasteiger partial charge >= 0.3 is 0 Å². The minimum atomic E-state index is -1.60. The van der Waals surface area contributed by atoms with Crippen molar-refractivity contribution in [1.82, 2.24) is 4.98 Å². The van der Waals surface area contributed by atoms with Gasteiger partial charge in [-0.2, -0.15) is 8.78 Å². The Morgan fingerprint density at radius 2 is 2.11 bits per heavy atom. The first kappa shape index (κ1) is 16.1. The highest BCUT2D eigenvalue weighted by atomic mass is 35.5. The lowest BCUT2D eigenvalue weighted by Crippen LogP contribution is -1.96. The molecule has 19 heavy (non-hydrogen) atoms. The Labute approximate surface area is 120 Å². The Morgan fingerprint density at radius 3 is 2.68 bits per heavy atom. The van der Waals surface area contributed by atoms with E-state index in [0.29, 0.717) is 29.3 Å². The van der Waals surface area contributed by atoms with Crippen LogP contribution in [0.2, 0.25) is 5.15 Å². The third kappa shape index (κ3) is 6.16. The molecule has 104 valence electrons. The first-order chi connectivity index (χ1) is 9.00. The number of halogens is 3. The quantitative estimate of drug-likeness (QED) is 0.550. The molecule has 0 radical (unpaired) electrons. The van der Waals surface area contributed by atoms with Gasteiger partial charge in [-0.25, -0.2) is 4.98 Å². The van der Waals surface area contributed by atoms with Gasteiger partial charge < -0.3 is 0 Å². The van der Waals surface area contributed by atoms with Gasteiger partial charge in [0, 0.05) is 17.5 Å². The summed E-state index contributed by atoms with van der Waals surface area (Å²) < 4.78 is 24.2. The number of allylic oxidation sites excluding steroid dienone is 1. The molecule has 0 aromatic carbocycles. The molecule has 0 amide bonds. The third-order valence-electron chi connectivity index (χ3n) is 2.46. The minimum Gasteiger partial charge on any atom is -0.282 e. The highest BCUT2D eigenvalue weighted by Crippen LogP contribution is 2.18. The van der Waals surface area contributed by atoms with Gasteiger partial charge in [0.05, 0.1) is 0 Å². The molecule has 0 saturated carbocycles. The molecule has 0 unspecified atom stereocenters. The van der Waals surface area contributed by atoms with Gasteiger partial charge in [-0.05, 0) is 43.9 Å². The van der Waals surface area contributed by atoms with Crippen LogP contribution in [0.15, 0.2) is 30.0 Å². The number of hydrogen-bond acceptors (Lipinski definition) is 3. The lowest BCUT2D eigenvalue weighted by atomic mass is 10.1. The van der Waals surface area contributed by atoms with E-state index in [9.17, 15) is 13.6 Å². The van der Waals surface area contributed by atoms with Crippen LogP contribution >= 0.6 is 23.4 Å². The van der Waals surface area contributed by atoms with E-state index in [-0.39, 0.29) is 10.7 Å². The standard InChI is InChI=1S/C13H14ClF2NOS/c1-9(12(15)16)4-2-3-7-19-13(18)10-5-6-11(14)17-8-10/h5-6,8H,2-4,7H2,1H3. The number of unbranched alkanes of at least 4 members (excludes halogenated alkanes) is 1. The lowest BCUT2D eigenvalue weighted by Gasteiger charge is -2.02. The Balaban J connectivity index is 2.25. The van der Waals surface area contributed by atoms with E-state index in [4.69, 9.17) is 11.6 Å². The maximum absolute atomic E-state index is 12.1. The Morgan fingerprint density at radius 1 is 1.37 bits per heavy atom. The van der Waals surface area contributed by atoms with Crippen LogP contribution in [0, 0.1) is 0 Å². The molecular weight excluding hydrogens is 292 g/mol. The Kier molecular flexibility index (Phi) is 7.02. The molecule has 0 aliphatic heterocycles. The van der Waals surface area contributed by atoms with Crippen molar-refractivity contribution in [2.75, 3.05) is 5.75 Å². The van der Waals surface area contributed by atoms with Crippen LogP contribution in [0.5, 0.6) is 0 Å². The number of carbonyl (C=O) groups excluding carboxylic acids is 1. The Hall–Kier alpha value is -0.940. The van der Waals surface area contributed by atoms with E-state index in [0.717, 1.165) is 6.42 Å². The molecule has 2 nitrogen and oxygen atoms in total. The summed E-state index contributed by atoms with van der Waals surface area (Å²) in [7, 11) is 0. The van der Waals surface area contributed by atoms with Crippen molar-refractivity contribution >= 4 is 28.5 Å². The van der Waals surface area contributed by atoms with Crippen molar-refractivity contribution in [3.63, 3.8) is 0 Å². The number of hydrogen-bond donors (Lipinski definition) is 0. The van der Waals surface area contributed by atoms with Crippen molar-refractivity contribution < 1.29 is 13.6 Å². The van der Waals surface area contributed by atoms with Crippen LogP contribution in [0.3, 0.4) is 0 Å². The molecule has 0 bridgehead atoms. The van der Waals surface area contributed by atoms with Crippen molar-refractivity contribution in [3.8, 4) is 0 Å². The van der Waals surface area contributed by atoms with Crippen molar-refractivity contribution in [2.45, 2.75) is 26.2 Å². The summed E-state index contributed by atoms with van der Waals surface area (Å²) in [5.74, 6) is 0.614. The monoisotopic (exact) mass is 305 g/mol. The minimum absolute atomic E-state index is 0.0758. The topological polar surface area (TPSA) is 30.0 Å². The average molecular weight is 306 g/mol. The van der Waals surface area contributed by atoms with E-state index in [1.165, 1.54) is 24.9 Å². The fraction of sp³-hybridized carbons (Fsp3) is 0.385. The first-order valence-electron chi connectivity index (χ1n) is 5.80. The van der Waals surface area contributed by atoms with Crippen LogP contribution < -0.4 is 0 Å². The summed E-state index contributed by atoms with van der Waals surface area (Å²) in [6.07, 6.45) is 1.59. The van der Waals surface area contributed by atoms with E-state index < -0.39 is 6.08 Å². The molecule has 1 heterocycles. The number of pyridine rings is 1. The molecule has 0 spiro atoms. The summed E-state index contributed by atoms with van der Waals surface area (Å²) in [5.41, 5.74) is 0.624. The molecule has 0 aliphatic rings. The van der Waals surface area contributed by atoms with Crippen LogP contribution in [-0.2, 0) is 0 Å². The number of aromatic nitrogens is 1. The van der Waals surface area contributed by atoms with Crippen LogP contribution in [0.1, 0.15) is 36.5 Å². The Bertz CT molecular complexity index is 458. The fourth-order valence-corrected chi connectivity index (χ4v) is 2.26. The molecule has 0 aliphatic carbocycles. The van der Waals surface area contributed by atoms with Gasteiger partial charge in [-0.15, -0.1) is 0 Å². The summed E-state index contributed by atoms with van der Waals surface area (Å²) in [6.45, 7) is 1.42. The van der Waals surface area contributed by atoms with E-state index in [1.54, 1.807) is 12.1 Å². The lowest BCUT2D eigenvalue weighted by molar-refractivity contribution is 0.108. The van der Waals surface area contributed by atoms with Gasteiger partial charge in [0.15, 0.2) is 0 Å². The summed E-state index contributed by atoms with van der Waals surface area (Å²) >= 11 is 6.79. The van der Waals surface area contributed by atoms with Gasteiger partial charge in [-0.1, -0.05) is 23.4 Å². The largest absolute Gasteiger partial charge is 0.282 e. The van der Waals surface area contributed by atoms with E-state index in [2.05, 4.69) is 4.98 Å². The summed E-state index contributed by atoms with van der Waals surface area (Å²) in [4.78, 5) is 15.5. The van der Waals surface area contributed by atoms with Gasteiger partial charge in [-0.3, -0.25) is 4.79 Å². The molecule has 0 N–H and O–H groups in total. The van der Waals surface area contributed by atoms with E-state index in [1.807, 2.05) is 0 Å². The molecule has 1 aromatic rings. The second-order valence-electron chi connectivity index (χ2n) is 4.00. The number of thioether (sulfide) groups is 1. The maximum atomic E-state index is 12.1. The first-order valence-corrected chi connectivity index (χ1v) is 7.16. The van der Waals surface area contributed by atoms with Crippen molar-refractivity contribution in [2.24, 2.45) is 0 Å². The average Bonchev–Trinajstić information content (AvgIpc) is 2.38. The predicted octanol–water partition coefficient (Wildman–Crippen LogP) is 4.95. The van der Waals surface area contributed by atoms with Crippen molar-refractivity contribution in [3.05, 3.63) is 40.7 Å². The smallest absolute Gasteiger partial charge is 0.269 e.